The first kappa shape index (κ1) is 14.8. The van der Waals surface area contributed by atoms with Gasteiger partial charge in [-0.2, -0.15) is 4.98 Å². The van der Waals surface area contributed by atoms with Gasteiger partial charge in [-0.15, -0.1) is 5.10 Å². The molecule has 0 radical (unpaired) electrons. The van der Waals surface area contributed by atoms with Gasteiger partial charge < -0.3 is 9.30 Å². The smallest absolute Gasteiger partial charge is 0.248 e. The molecule has 1 amide bonds. The SMILES string of the molecule is O=C(Cn1ccc2ccc(F)cc21)Nc1n[nH]c([C@@H]2CCCO2)n1. The van der Waals surface area contributed by atoms with Crippen LogP contribution in [0.25, 0.3) is 10.9 Å². The van der Waals surface area contributed by atoms with Gasteiger partial charge in [0.15, 0.2) is 5.82 Å². The van der Waals surface area contributed by atoms with E-state index in [4.69, 9.17) is 4.74 Å². The number of rotatable bonds is 4. The first-order valence-corrected chi connectivity index (χ1v) is 7.77. The van der Waals surface area contributed by atoms with E-state index in [9.17, 15) is 9.18 Å². The molecule has 1 aliphatic rings. The van der Waals surface area contributed by atoms with Crippen LogP contribution in [0.1, 0.15) is 24.8 Å². The number of carbonyl (C=O) groups excluding carboxylic acids is 1. The van der Waals surface area contributed by atoms with Crippen molar-refractivity contribution in [2.75, 3.05) is 11.9 Å². The molecule has 0 spiro atoms. The van der Waals surface area contributed by atoms with Gasteiger partial charge in [-0.1, -0.05) is 0 Å². The van der Waals surface area contributed by atoms with Gasteiger partial charge in [0, 0.05) is 12.8 Å². The largest absolute Gasteiger partial charge is 0.370 e. The minimum absolute atomic E-state index is 0.0523. The highest BCUT2D eigenvalue weighted by molar-refractivity contribution is 5.90. The van der Waals surface area contributed by atoms with Gasteiger partial charge in [0.2, 0.25) is 11.9 Å². The molecule has 2 aromatic heterocycles. The second kappa shape index (κ2) is 6.04. The number of fused-ring (bicyclic) bond motifs is 1. The van der Waals surface area contributed by atoms with E-state index in [2.05, 4.69) is 20.5 Å². The zero-order valence-electron chi connectivity index (χ0n) is 12.8. The number of benzene rings is 1. The number of anilines is 1. The molecule has 0 saturated carbocycles. The van der Waals surface area contributed by atoms with E-state index in [0.29, 0.717) is 17.9 Å². The summed E-state index contributed by atoms with van der Waals surface area (Å²) in [4.78, 5) is 16.4. The summed E-state index contributed by atoms with van der Waals surface area (Å²) in [5.41, 5.74) is 0.667. The zero-order valence-corrected chi connectivity index (χ0v) is 12.8. The lowest BCUT2D eigenvalue weighted by atomic mass is 10.2. The first-order chi connectivity index (χ1) is 11.7. The molecule has 8 heteroatoms. The molecule has 1 atom stereocenters. The molecule has 0 unspecified atom stereocenters. The molecule has 0 aliphatic carbocycles. The maximum atomic E-state index is 13.4. The topological polar surface area (TPSA) is 84.8 Å². The molecular weight excluding hydrogens is 313 g/mol. The fourth-order valence-corrected chi connectivity index (χ4v) is 2.88. The fraction of sp³-hybridized carbons (Fsp3) is 0.312. The standard InChI is InChI=1S/C16H16FN5O2/c17-11-4-3-10-5-6-22(12(10)8-11)9-14(23)18-16-19-15(20-21-16)13-2-1-7-24-13/h3-6,8,13H,1-2,7,9H2,(H2,18,19,20,21,23)/t13-/m0/s1. The van der Waals surface area contributed by atoms with Crippen LogP contribution in [0.3, 0.4) is 0 Å². The highest BCUT2D eigenvalue weighted by Gasteiger charge is 2.21. The third-order valence-corrected chi connectivity index (χ3v) is 4.04. The number of ether oxygens (including phenoxy) is 1. The number of H-pyrrole nitrogens is 1. The van der Waals surface area contributed by atoms with Crippen LogP contribution in [0.2, 0.25) is 0 Å². The summed E-state index contributed by atoms with van der Waals surface area (Å²) in [7, 11) is 0. The Balaban J connectivity index is 1.45. The van der Waals surface area contributed by atoms with Gasteiger partial charge in [0.1, 0.15) is 18.5 Å². The monoisotopic (exact) mass is 329 g/mol. The Kier molecular flexibility index (Phi) is 3.73. The molecule has 124 valence electrons. The molecule has 3 aromatic rings. The summed E-state index contributed by atoms with van der Waals surface area (Å²) in [6, 6.07) is 6.32. The number of nitrogens with zero attached hydrogens (tertiary/aromatic N) is 3. The Morgan fingerprint density at radius 3 is 3.21 bits per heavy atom. The number of hydrogen-bond acceptors (Lipinski definition) is 4. The maximum Gasteiger partial charge on any atom is 0.248 e. The van der Waals surface area contributed by atoms with Crippen LogP contribution in [0.15, 0.2) is 30.5 Å². The van der Waals surface area contributed by atoms with Crippen molar-refractivity contribution in [3.05, 3.63) is 42.1 Å². The second-order valence-electron chi connectivity index (χ2n) is 5.74. The minimum Gasteiger partial charge on any atom is -0.370 e. The average Bonchev–Trinajstić information content (AvgIpc) is 3.28. The van der Waals surface area contributed by atoms with Crippen LogP contribution >= 0.6 is 0 Å². The normalized spacial score (nSPS) is 17.5. The molecule has 1 aliphatic heterocycles. The summed E-state index contributed by atoms with van der Waals surface area (Å²) in [5.74, 6) is 0.220. The van der Waals surface area contributed by atoms with Gasteiger partial charge in [-0.05, 0) is 42.5 Å². The van der Waals surface area contributed by atoms with Crippen LogP contribution < -0.4 is 5.32 Å². The van der Waals surface area contributed by atoms with E-state index < -0.39 is 0 Å². The molecular formula is C16H16FN5O2. The number of aromatic nitrogens is 4. The van der Waals surface area contributed by atoms with E-state index in [-0.39, 0.29) is 30.3 Å². The second-order valence-corrected chi connectivity index (χ2v) is 5.74. The van der Waals surface area contributed by atoms with Crippen molar-refractivity contribution in [2.24, 2.45) is 0 Å². The molecule has 24 heavy (non-hydrogen) atoms. The lowest BCUT2D eigenvalue weighted by Crippen LogP contribution is -2.19. The molecule has 1 fully saturated rings. The van der Waals surface area contributed by atoms with Crippen LogP contribution in [-0.4, -0.2) is 32.3 Å². The summed E-state index contributed by atoms with van der Waals surface area (Å²) in [6.45, 7) is 0.765. The Morgan fingerprint density at radius 2 is 2.38 bits per heavy atom. The van der Waals surface area contributed by atoms with Gasteiger partial charge >= 0.3 is 0 Å². The summed E-state index contributed by atoms with van der Waals surface area (Å²) in [6.07, 6.45) is 3.55. The van der Waals surface area contributed by atoms with Gasteiger partial charge in [0.25, 0.3) is 0 Å². The van der Waals surface area contributed by atoms with Crippen molar-refractivity contribution < 1.29 is 13.9 Å². The number of amides is 1. The Labute approximate surface area is 136 Å². The third-order valence-electron chi connectivity index (χ3n) is 4.04. The zero-order chi connectivity index (χ0) is 16.5. The van der Waals surface area contributed by atoms with Crippen molar-refractivity contribution in [1.29, 1.82) is 0 Å². The molecule has 2 N–H and O–H groups in total. The predicted molar refractivity (Wildman–Crippen MR) is 84.8 cm³/mol. The average molecular weight is 329 g/mol. The molecule has 7 nitrogen and oxygen atoms in total. The Bertz CT molecular complexity index is 882. The van der Waals surface area contributed by atoms with E-state index >= 15 is 0 Å². The van der Waals surface area contributed by atoms with Gasteiger partial charge in [0.05, 0.1) is 5.52 Å². The molecule has 1 saturated heterocycles. The van der Waals surface area contributed by atoms with Crippen molar-refractivity contribution in [3.63, 3.8) is 0 Å². The van der Waals surface area contributed by atoms with E-state index in [0.717, 1.165) is 18.2 Å². The summed E-state index contributed by atoms with van der Waals surface area (Å²) < 4.78 is 20.6. The fourth-order valence-electron chi connectivity index (χ4n) is 2.88. The highest BCUT2D eigenvalue weighted by Crippen LogP contribution is 2.26. The lowest BCUT2D eigenvalue weighted by molar-refractivity contribution is -0.116. The van der Waals surface area contributed by atoms with Crippen molar-refractivity contribution in [3.8, 4) is 0 Å². The summed E-state index contributed by atoms with van der Waals surface area (Å²) >= 11 is 0. The van der Waals surface area contributed by atoms with E-state index in [1.807, 2.05) is 6.07 Å². The van der Waals surface area contributed by atoms with Crippen LogP contribution in [-0.2, 0) is 16.1 Å². The van der Waals surface area contributed by atoms with Crippen molar-refractivity contribution >= 4 is 22.8 Å². The van der Waals surface area contributed by atoms with E-state index in [1.54, 1.807) is 16.8 Å². The lowest BCUT2D eigenvalue weighted by Gasteiger charge is -2.05. The number of nitrogens with one attached hydrogen (secondary N) is 2. The van der Waals surface area contributed by atoms with E-state index in [1.165, 1.54) is 12.1 Å². The molecule has 0 bridgehead atoms. The van der Waals surface area contributed by atoms with Crippen LogP contribution in [0.4, 0.5) is 10.3 Å². The number of halogens is 1. The molecule has 3 heterocycles. The quantitative estimate of drug-likeness (QED) is 0.770. The number of carbonyl (C=O) groups is 1. The maximum absolute atomic E-state index is 13.4. The minimum atomic E-state index is -0.335. The Hall–Kier alpha value is -2.74. The first-order valence-electron chi connectivity index (χ1n) is 7.77. The molecule has 1 aromatic carbocycles. The summed E-state index contributed by atoms with van der Waals surface area (Å²) in [5, 5.41) is 10.3. The van der Waals surface area contributed by atoms with Crippen LogP contribution in [0, 0.1) is 5.82 Å². The van der Waals surface area contributed by atoms with Crippen LogP contribution in [0.5, 0.6) is 0 Å². The molecule has 4 rings (SSSR count). The predicted octanol–water partition coefficient (Wildman–Crippen LogP) is 2.39. The van der Waals surface area contributed by atoms with Crippen molar-refractivity contribution in [1.82, 2.24) is 19.7 Å². The number of aromatic amines is 1. The number of hydrogen-bond donors (Lipinski definition) is 2. The van der Waals surface area contributed by atoms with Crippen molar-refractivity contribution in [2.45, 2.75) is 25.5 Å². The van der Waals surface area contributed by atoms with Gasteiger partial charge in [-0.3, -0.25) is 15.2 Å². The van der Waals surface area contributed by atoms with Gasteiger partial charge in [-0.25, -0.2) is 4.39 Å². The Morgan fingerprint density at radius 1 is 1.46 bits per heavy atom. The highest BCUT2D eigenvalue weighted by atomic mass is 19.1. The third kappa shape index (κ3) is 2.88.